The van der Waals surface area contributed by atoms with Crippen LogP contribution in [-0.2, 0) is 0 Å². The van der Waals surface area contributed by atoms with Gasteiger partial charge in [-0.2, -0.15) is 0 Å². The third-order valence-electron chi connectivity index (χ3n) is 6.91. The van der Waals surface area contributed by atoms with Gasteiger partial charge in [-0.3, -0.25) is 14.9 Å². The third kappa shape index (κ3) is 3.81. The predicted molar refractivity (Wildman–Crippen MR) is 141 cm³/mol. The SMILES string of the molecule is C=Nc1ccc(-c2c(C)nc3c(C4CCCCC4)c(-c4ccccc4)[nH]n3c2=O)cc1/C=C\C. The van der Waals surface area contributed by atoms with Crippen molar-refractivity contribution in [1.82, 2.24) is 14.6 Å². The van der Waals surface area contributed by atoms with Crippen molar-refractivity contribution in [2.75, 3.05) is 0 Å². The molecule has 0 atom stereocenters. The highest BCUT2D eigenvalue weighted by molar-refractivity contribution is 5.77. The number of allylic oxidation sites excluding steroid dienone is 1. The maximum Gasteiger partial charge on any atom is 0.280 e. The van der Waals surface area contributed by atoms with E-state index in [0.29, 0.717) is 11.5 Å². The minimum atomic E-state index is -0.0764. The zero-order valence-corrected chi connectivity index (χ0v) is 19.8. The van der Waals surface area contributed by atoms with E-state index in [1.54, 1.807) is 4.52 Å². The molecule has 0 saturated heterocycles. The van der Waals surface area contributed by atoms with Crippen LogP contribution < -0.4 is 5.56 Å². The van der Waals surface area contributed by atoms with Crippen molar-refractivity contribution in [3.63, 3.8) is 0 Å². The van der Waals surface area contributed by atoms with E-state index in [2.05, 4.69) is 28.9 Å². The number of benzene rings is 2. The van der Waals surface area contributed by atoms with Crippen LogP contribution in [0.25, 0.3) is 34.1 Å². The second kappa shape index (κ2) is 9.26. The number of hydrogen-bond donors (Lipinski definition) is 1. The van der Waals surface area contributed by atoms with Crippen molar-refractivity contribution in [3.8, 4) is 22.4 Å². The van der Waals surface area contributed by atoms with Gasteiger partial charge in [-0.1, -0.05) is 67.8 Å². The van der Waals surface area contributed by atoms with Crippen LogP contribution in [0.1, 0.15) is 61.8 Å². The Morgan fingerprint density at radius 3 is 2.56 bits per heavy atom. The summed E-state index contributed by atoms with van der Waals surface area (Å²) in [6.07, 6.45) is 9.92. The molecule has 34 heavy (non-hydrogen) atoms. The molecule has 5 nitrogen and oxygen atoms in total. The van der Waals surface area contributed by atoms with Crippen molar-refractivity contribution in [2.24, 2.45) is 4.99 Å². The van der Waals surface area contributed by atoms with E-state index < -0.39 is 0 Å². The predicted octanol–water partition coefficient (Wildman–Crippen LogP) is 7.08. The fourth-order valence-electron chi connectivity index (χ4n) is 5.30. The second-order valence-corrected chi connectivity index (χ2v) is 9.07. The van der Waals surface area contributed by atoms with Crippen molar-refractivity contribution in [1.29, 1.82) is 0 Å². The summed E-state index contributed by atoms with van der Waals surface area (Å²) in [7, 11) is 0. The average molecular weight is 451 g/mol. The van der Waals surface area contributed by atoms with Crippen LogP contribution in [-0.4, -0.2) is 21.3 Å². The highest BCUT2D eigenvalue weighted by atomic mass is 16.1. The standard InChI is InChI=1S/C29H30N4O/c1-4-11-22-18-23(16-17-24(22)30-3)25-19(2)31-28-26(20-12-7-5-8-13-20)27(32-33(28)29(25)34)21-14-9-6-10-15-21/h4,6,9-11,14-18,20,32H,3,5,7-8,12-13H2,1-2H3/b11-4-. The fourth-order valence-corrected chi connectivity index (χ4v) is 5.30. The highest BCUT2D eigenvalue weighted by Gasteiger charge is 2.27. The Kier molecular flexibility index (Phi) is 6.01. The van der Waals surface area contributed by atoms with Crippen molar-refractivity contribution in [2.45, 2.75) is 51.9 Å². The van der Waals surface area contributed by atoms with E-state index in [-0.39, 0.29) is 5.56 Å². The number of nitrogens with one attached hydrogen (secondary N) is 1. The van der Waals surface area contributed by atoms with Crippen LogP contribution in [0.15, 0.2) is 64.4 Å². The van der Waals surface area contributed by atoms with Gasteiger partial charge in [0.05, 0.1) is 22.6 Å². The molecule has 2 aromatic carbocycles. The lowest BCUT2D eigenvalue weighted by molar-refractivity contribution is 0.445. The lowest BCUT2D eigenvalue weighted by Crippen LogP contribution is -2.19. The summed E-state index contributed by atoms with van der Waals surface area (Å²) in [5.41, 5.74) is 7.86. The molecular weight excluding hydrogens is 420 g/mol. The van der Waals surface area contributed by atoms with E-state index in [4.69, 9.17) is 4.98 Å². The maximum atomic E-state index is 13.9. The fraction of sp³-hybridized carbons (Fsp3) is 0.276. The number of rotatable bonds is 5. The lowest BCUT2D eigenvalue weighted by Gasteiger charge is -2.22. The molecule has 1 fully saturated rings. The van der Waals surface area contributed by atoms with Gasteiger partial charge in [0, 0.05) is 11.1 Å². The lowest BCUT2D eigenvalue weighted by atomic mass is 9.83. The zero-order valence-electron chi connectivity index (χ0n) is 19.8. The van der Waals surface area contributed by atoms with E-state index in [1.807, 2.05) is 62.4 Å². The largest absolute Gasteiger partial charge is 0.289 e. The summed E-state index contributed by atoms with van der Waals surface area (Å²) in [5.74, 6) is 0.404. The number of fused-ring (bicyclic) bond motifs is 1. The van der Waals surface area contributed by atoms with Crippen molar-refractivity contribution >= 4 is 24.1 Å². The number of aromatic nitrogens is 3. The molecule has 0 aliphatic heterocycles. The first-order chi connectivity index (χ1) is 16.6. The van der Waals surface area contributed by atoms with Gasteiger partial charge in [-0.25, -0.2) is 9.50 Å². The van der Waals surface area contributed by atoms with Gasteiger partial charge in [0.25, 0.3) is 5.56 Å². The van der Waals surface area contributed by atoms with Gasteiger partial charge < -0.3 is 0 Å². The Bertz CT molecular complexity index is 1440. The molecule has 1 saturated carbocycles. The molecule has 0 unspecified atom stereocenters. The highest BCUT2D eigenvalue weighted by Crippen LogP contribution is 2.40. The first-order valence-corrected chi connectivity index (χ1v) is 12.1. The summed E-state index contributed by atoms with van der Waals surface area (Å²) in [4.78, 5) is 23.0. The monoisotopic (exact) mass is 450 g/mol. The van der Waals surface area contributed by atoms with Gasteiger partial charge in [0.15, 0.2) is 5.65 Å². The number of aromatic amines is 1. The Labute approximate surface area is 199 Å². The Morgan fingerprint density at radius 1 is 1.09 bits per heavy atom. The molecule has 4 aromatic rings. The molecule has 0 bridgehead atoms. The average Bonchev–Trinajstić information content (AvgIpc) is 3.25. The summed E-state index contributed by atoms with van der Waals surface area (Å²) in [6, 6.07) is 16.1. The molecule has 1 N–H and O–H groups in total. The molecule has 0 radical (unpaired) electrons. The van der Waals surface area contributed by atoms with Gasteiger partial charge in [0.2, 0.25) is 0 Å². The zero-order chi connectivity index (χ0) is 23.7. The quantitative estimate of drug-likeness (QED) is 0.330. The number of hydrogen-bond acceptors (Lipinski definition) is 3. The van der Waals surface area contributed by atoms with Gasteiger partial charge in [0.1, 0.15) is 0 Å². The molecule has 1 aliphatic carbocycles. The first kappa shape index (κ1) is 22.1. The van der Waals surface area contributed by atoms with Crippen LogP contribution in [0.2, 0.25) is 0 Å². The van der Waals surface area contributed by atoms with Gasteiger partial charge in [-0.15, -0.1) is 0 Å². The molecule has 0 spiro atoms. The maximum absolute atomic E-state index is 13.9. The molecule has 1 aliphatic rings. The number of H-pyrrole nitrogens is 1. The smallest absolute Gasteiger partial charge is 0.280 e. The van der Waals surface area contributed by atoms with Crippen LogP contribution in [0, 0.1) is 6.92 Å². The Balaban J connectivity index is 1.76. The summed E-state index contributed by atoms with van der Waals surface area (Å²) >= 11 is 0. The third-order valence-corrected chi connectivity index (χ3v) is 6.91. The molecule has 5 heteroatoms. The summed E-state index contributed by atoms with van der Waals surface area (Å²) in [5, 5.41) is 3.44. The summed E-state index contributed by atoms with van der Waals surface area (Å²) in [6.45, 7) is 7.57. The molecule has 2 aromatic heterocycles. The van der Waals surface area contributed by atoms with Crippen molar-refractivity contribution < 1.29 is 0 Å². The Hall–Kier alpha value is -3.73. The number of aliphatic imine (C=N–C) groups is 1. The Morgan fingerprint density at radius 2 is 1.85 bits per heavy atom. The normalized spacial score (nSPS) is 14.8. The van der Waals surface area contributed by atoms with Crippen LogP contribution >= 0.6 is 0 Å². The topological polar surface area (TPSA) is 62.5 Å². The molecule has 5 rings (SSSR count). The number of aryl methyl sites for hydroxylation is 1. The molecule has 2 heterocycles. The molecule has 172 valence electrons. The molecule has 0 amide bonds. The number of nitrogens with zero attached hydrogens (tertiary/aromatic N) is 3. The summed E-state index contributed by atoms with van der Waals surface area (Å²) < 4.78 is 1.66. The van der Waals surface area contributed by atoms with E-state index in [0.717, 1.165) is 52.3 Å². The van der Waals surface area contributed by atoms with E-state index in [1.165, 1.54) is 24.8 Å². The van der Waals surface area contributed by atoms with Crippen LogP contribution in [0.3, 0.4) is 0 Å². The van der Waals surface area contributed by atoms with E-state index in [9.17, 15) is 4.79 Å². The van der Waals surface area contributed by atoms with E-state index >= 15 is 0 Å². The van der Waals surface area contributed by atoms with Crippen molar-refractivity contribution in [3.05, 3.63) is 81.8 Å². The van der Waals surface area contributed by atoms with Crippen LogP contribution in [0.5, 0.6) is 0 Å². The first-order valence-electron chi connectivity index (χ1n) is 12.1. The van der Waals surface area contributed by atoms with Crippen LogP contribution in [0.4, 0.5) is 5.69 Å². The molecular formula is C29H30N4O. The van der Waals surface area contributed by atoms with Gasteiger partial charge >= 0.3 is 0 Å². The minimum absolute atomic E-state index is 0.0764. The second-order valence-electron chi connectivity index (χ2n) is 9.07. The van der Waals surface area contributed by atoms with Gasteiger partial charge in [-0.05, 0) is 62.6 Å². The minimum Gasteiger partial charge on any atom is -0.289 e.